The molecule has 2 aromatic rings. The zero-order valence-electron chi connectivity index (χ0n) is 11.8. The van der Waals surface area contributed by atoms with Crippen molar-refractivity contribution in [3.63, 3.8) is 0 Å². The van der Waals surface area contributed by atoms with E-state index in [-0.39, 0.29) is 17.5 Å². The average molecular weight is 288 g/mol. The Balaban J connectivity index is 1.71. The maximum atomic E-state index is 12.1. The number of rotatable bonds is 3. The van der Waals surface area contributed by atoms with Crippen LogP contribution in [0.3, 0.4) is 0 Å². The topological polar surface area (TPSA) is 91.2 Å². The van der Waals surface area contributed by atoms with Crippen LogP contribution in [-0.4, -0.2) is 46.5 Å². The van der Waals surface area contributed by atoms with Crippen molar-refractivity contribution in [1.82, 2.24) is 20.4 Å². The highest BCUT2D eigenvalue weighted by atomic mass is 16.3. The Morgan fingerprint density at radius 1 is 1.52 bits per heavy atom. The fourth-order valence-electron chi connectivity index (χ4n) is 2.33. The molecular formula is C14H16N4O3. The third kappa shape index (κ3) is 2.54. The summed E-state index contributed by atoms with van der Waals surface area (Å²) in [5.74, 6) is 0.969. The number of nitrogens with zero attached hydrogens (tertiary/aromatic N) is 2. The van der Waals surface area contributed by atoms with Gasteiger partial charge in [-0.3, -0.25) is 14.7 Å². The lowest BCUT2D eigenvalue weighted by Crippen LogP contribution is -2.40. The van der Waals surface area contributed by atoms with Gasteiger partial charge in [-0.1, -0.05) is 0 Å². The molecule has 1 aliphatic heterocycles. The molecule has 0 radical (unpaired) electrons. The minimum atomic E-state index is -0.464. The van der Waals surface area contributed by atoms with Crippen LogP contribution >= 0.6 is 0 Å². The van der Waals surface area contributed by atoms with E-state index >= 15 is 0 Å². The van der Waals surface area contributed by atoms with Crippen LogP contribution in [0.5, 0.6) is 0 Å². The number of H-pyrrole nitrogens is 1. The van der Waals surface area contributed by atoms with Gasteiger partial charge < -0.3 is 14.6 Å². The first-order valence-corrected chi connectivity index (χ1v) is 6.72. The molecule has 7 heteroatoms. The van der Waals surface area contributed by atoms with Gasteiger partial charge >= 0.3 is 0 Å². The highest BCUT2D eigenvalue weighted by molar-refractivity contribution is 5.97. The third-order valence-electron chi connectivity index (χ3n) is 3.55. The van der Waals surface area contributed by atoms with Gasteiger partial charge in [0.15, 0.2) is 11.5 Å². The van der Waals surface area contributed by atoms with Gasteiger partial charge in [0, 0.05) is 19.7 Å². The molecule has 0 bridgehead atoms. The smallest absolute Gasteiger partial charge is 0.272 e. The van der Waals surface area contributed by atoms with Gasteiger partial charge in [-0.25, -0.2) is 0 Å². The molecule has 0 aliphatic carbocycles. The van der Waals surface area contributed by atoms with Gasteiger partial charge in [0.2, 0.25) is 5.91 Å². The number of likely N-dealkylation sites (N-methyl/N-ethyl adjacent to an activating group) is 1. The van der Waals surface area contributed by atoms with Crippen LogP contribution in [0.1, 0.15) is 22.7 Å². The standard InChI is InChI=1S/C14H16N4O3/c1-8-3-4-12(21-8)10-7-11(17-16-10)13(19)15-9-5-6-18(2)14(9)20/h3-4,7,9H,5-6H2,1-2H3,(H,15,19)(H,16,17). The van der Waals surface area contributed by atoms with Crippen LogP contribution in [0.25, 0.3) is 11.5 Å². The Hall–Kier alpha value is -2.57. The number of nitrogens with one attached hydrogen (secondary N) is 2. The number of hydrogen-bond acceptors (Lipinski definition) is 4. The molecule has 110 valence electrons. The SMILES string of the molecule is Cc1ccc(-c2cc(C(=O)NC3CCN(C)C3=O)n[nH]2)o1. The number of carbonyl (C=O) groups is 2. The zero-order valence-corrected chi connectivity index (χ0v) is 11.8. The second kappa shape index (κ2) is 5.08. The summed E-state index contributed by atoms with van der Waals surface area (Å²) >= 11 is 0. The molecular weight excluding hydrogens is 272 g/mol. The molecule has 3 heterocycles. The molecule has 2 aromatic heterocycles. The number of aromatic nitrogens is 2. The van der Waals surface area contributed by atoms with Gasteiger partial charge in [-0.15, -0.1) is 0 Å². The highest BCUT2D eigenvalue weighted by Crippen LogP contribution is 2.20. The summed E-state index contributed by atoms with van der Waals surface area (Å²) in [4.78, 5) is 25.5. The number of furan rings is 1. The number of aryl methyl sites for hydroxylation is 1. The van der Waals surface area contributed by atoms with E-state index in [1.54, 1.807) is 24.1 Å². The summed E-state index contributed by atoms with van der Waals surface area (Å²) in [5.41, 5.74) is 0.865. The first-order chi connectivity index (χ1) is 10.0. The third-order valence-corrected chi connectivity index (χ3v) is 3.55. The Kier molecular flexibility index (Phi) is 3.25. The van der Waals surface area contributed by atoms with Gasteiger partial charge in [-0.05, 0) is 25.5 Å². The van der Waals surface area contributed by atoms with E-state index in [1.165, 1.54) is 0 Å². The summed E-state index contributed by atoms with van der Waals surface area (Å²) in [5, 5.41) is 9.43. The van der Waals surface area contributed by atoms with Crippen LogP contribution in [0.2, 0.25) is 0 Å². The number of aromatic amines is 1. The van der Waals surface area contributed by atoms with E-state index in [2.05, 4.69) is 15.5 Å². The molecule has 3 rings (SSSR count). The highest BCUT2D eigenvalue weighted by Gasteiger charge is 2.30. The molecule has 2 amide bonds. The van der Waals surface area contributed by atoms with Gasteiger partial charge in [0.25, 0.3) is 5.91 Å². The van der Waals surface area contributed by atoms with E-state index in [0.29, 0.717) is 24.4 Å². The summed E-state index contributed by atoms with van der Waals surface area (Å²) in [6.07, 6.45) is 0.621. The van der Waals surface area contributed by atoms with Gasteiger partial charge in [-0.2, -0.15) is 5.10 Å². The van der Waals surface area contributed by atoms with Crippen LogP contribution < -0.4 is 5.32 Å². The second-order valence-corrected chi connectivity index (χ2v) is 5.15. The lowest BCUT2D eigenvalue weighted by Gasteiger charge is -2.10. The van der Waals surface area contributed by atoms with E-state index in [4.69, 9.17) is 4.42 Å². The lowest BCUT2D eigenvalue weighted by atomic mass is 10.2. The number of carbonyl (C=O) groups excluding carboxylic acids is 2. The molecule has 0 saturated carbocycles. The second-order valence-electron chi connectivity index (χ2n) is 5.15. The number of likely N-dealkylation sites (tertiary alicyclic amines) is 1. The van der Waals surface area contributed by atoms with Crippen LogP contribution in [0, 0.1) is 6.92 Å². The molecule has 0 aromatic carbocycles. The van der Waals surface area contributed by atoms with Crippen molar-refractivity contribution in [2.45, 2.75) is 19.4 Å². The van der Waals surface area contributed by atoms with Crippen molar-refractivity contribution in [3.05, 3.63) is 29.7 Å². The quantitative estimate of drug-likeness (QED) is 0.879. The molecule has 1 fully saturated rings. The maximum Gasteiger partial charge on any atom is 0.272 e. The molecule has 1 unspecified atom stereocenters. The van der Waals surface area contributed by atoms with Crippen molar-refractivity contribution in [3.8, 4) is 11.5 Å². The van der Waals surface area contributed by atoms with Gasteiger partial charge in [0.05, 0.1) is 0 Å². The fourth-order valence-corrected chi connectivity index (χ4v) is 2.33. The van der Waals surface area contributed by atoms with Crippen molar-refractivity contribution < 1.29 is 14.0 Å². The van der Waals surface area contributed by atoms with Crippen LogP contribution in [0.4, 0.5) is 0 Å². The Bertz CT molecular complexity index is 688. The fraction of sp³-hybridized carbons (Fsp3) is 0.357. The minimum Gasteiger partial charge on any atom is -0.460 e. The summed E-state index contributed by atoms with van der Waals surface area (Å²) in [7, 11) is 1.72. The minimum absolute atomic E-state index is 0.0687. The van der Waals surface area contributed by atoms with Crippen molar-refractivity contribution in [2.24, 2.45) is 0 Å². The number of hydrogen-bond donors (Lipinski definition) is 2. The zero-order chi connectivity index (χ0) is 15.0. The van der Waals surface area contributed by atoms with E-state index in [9.17, 15) is 9.59 Å². The Morgan fingerprint density at radius 3 is 2.95 bits per heavy atom. The van der Waals surface area contributed by atoms with Gasteiger partial charge in [0.1, 0.15) is 17.5 Å². The summed E-state index contributed by atoms with van der Waals surface area (Å²) < 4.78 is 5.46. The largest absolute Gasteiger partial charge is 0.460 e. The Morgan fingerprint density at radius 2 is 2.33 bits per heavy atom. The van der Waals surface area contributed by atoms with E-state index < -0.39 is 6.04 Å². The van der Waals surface area contributed by atoms with Crippen LogP contribution in [0.15, 0.2) is 22.6 Å². The summed E-state index contributed by atoms with van der Waals surface area (Å²) in [6, 6.07) is 4.79. The molecule has 1 aliphatic rings. The predicted octanol–water partition coefficient (Wildman–Crippen LogP) is 0.939. The normalized spacial score (nSPS) is 18.3. The van der Waals surface area contributed by atoms with Crippen LogP contribution in [-0.2, 0) is 4.79 Å². The van der Waals surface area contributed by atoms with E-state index in [0.717, 1.165) is 5.76 Å². The lowest BCUT2D eigenvalue weighted by molar-refractivity contribution is -0.128. The molecule has 1 atom stereocenters. The number of amides is 2. The van der Waals surface area contributed by atoms with E-state index in [1.807, 2.05) is 13.0 Å². The van der Waals surface area contributed by atoms with Crippen molar-refractivity contribution >= 4 is 11.8 Å². The average Bonchev–Trinajstić information content (AvgIpc) is 3.15. The molecule has 2 N–H and O–H groups in total. The molecule has 21 heavy (non-hydrogen) atoms. The predicted molar refractivity (Wildman–Crippen MR) is 74.5 cm³/mol. The maximum absolute atomic E-state index is 12.1. The molecule has 7 nitrogen and oxygen atoms in total. The molecule has 0 spiro atoms. The van der Waals surface area contributed by atoms with Crippen molar-refractivity contribution in [2.75, 3.05) is 13.6 Å². The Labute approximate surface area is 121 Å². The first-order valence-electron chi connectivity index (χ1n) is 6.72. The summed E-state index contributed by atoms with van der Waals surface area (Å²) in [6.45, 7) is 2.50. The molecule has 1 saturated heterocycles. The first kappa shape index (κ1) is 13.4. The van der Waals surface area contributed by atoms with Crippen molar-refractivity contribution in [1.29, 1.82) is 0 Å². The monoisotopic (exact) mass is 288 g/mol.